The molecule has 3 aromatic carbocycles. The fourth-order valence-corrected chi connectivity index (χ4v) is 8.03. The molecule has 1 amide bonds. The van der Waals surface area contributed by atoms with E-state index in [1.165, 1.54) is 12.3 Å². The van der Waals surface area contributed by atoms with E-state index in [9.17, 15) is 13.6 Å². The van der Waals surface area contributed by atoms with Crippen LogP contribution in [0.2, 0.25) is 0 Å². The maximum Gasteiger partial charge on any atom is 0.409 e. The molecule has 0 spiro atoms. The van der Waals surface area contributed by atoms with Crippen molar-refractivity contribution in [2.45, 2.75) is 63.3 Å². The Kier molecular flexibility index (Phi) is 11.1. The van der Waals surface area contributed by atoms with Crippen LogP contribution in [-0.4, -0.2) is 71.2 Å². The highest BCUT2D eigenvalue weighted by molar-refractivity contribution is 5.72. The van der Waals surface area contributed by atoms with E-state index in [0.717, 1.165) is 87.7 Å². The standard InChI is InChI=1S/C41H48F2N6O2/c42-37-24-34(44)13-14-36(37)31-15-19-48(20-16-31)26-28-9-11-29(12-10-28)27-51-41(50)49-21-17-35(18-22-49)46-40-45-25-38(43)39(47-40)33-8-4-7-32(23-33)30-5-2-1-3-6-30/h1-8,13-14,23-25,28-29,31,35H,9-12,15-22,26-27,44H2,(H,45,46,47)/t28-,29-. The second kappa shape index (κ2) is 16.2. The molecule has 3 fully saturated rings. The molecular formula is C41H48F2N6O2. The average molecular weight is 695 g/mol. The Hall–Kier alpha value is -4.57. The highest BCUT2D eigenvalue weighted by Gasteiger charge is 2.29. The van der Waals surface area contributed by atoms with Crippen molar-refractivity contribution in [1.82, 2.24) is 19.8 Å². The van der Waals surface area contributed by atoms with Gasteiger partial charge in [-0.25, -0.2) is 23.5 Å². The number of amides is 1. The molecule has 0 atom stereocenters. The summed E-state index contributed by atoms with van der Waals surface area (Å²) in [6.07, 6.45) is 8.84. The lowest BCUT2D eigenvalue weighted by molar-refractivity contribution is 0.0666. The highest BCUT2D eigenvalue weighted by atomic mass is 19.1. The number of hydrogen-bond donors (Lipinski definition) is 2. The number of carbonyl (C=O) groups is 1. The van der Waals surface area contributed by atoms with E-state index in [0.29, 0.717) is 48.7 Å². The van der Waals surface area contributed by atoms with Crippen LogP contribution in [0.4, 0.5) is 25.2 Å². The van der Waals surface area contributed by atoms with Crippen LogP contribution in [0.15, 0.2) is 79.0 Å². The van der Waals surface area contributed by atoms with E-state index in [4.69, 9.17) is 10.5 Å². The molecule has 268 valence electrons. The largest absolute Gasteiger partial charge is 0.449 e. The van der Waals surface area contributed by atoms with Crippen LogP contribution >= 0.6 is 0 Å². The number of piperidine rings is 2. The number of aromatic nitrogens is 2. The van der Waals surface area contributed by atoms with Crippen LogP contribution in [0.5, 0.6) is 0 Å². The predicted molar refractivity (Wildman–Crippen MR) is 197 cm³/mol. The summed E-state index contributed by atoms with van der Waals surface area (Å²) in [4.78, 5) is 26.0. The van der Waals surface area contributed by atoms with Crippen molar-refractivity contribution in [3.05, 3.63) is 96.2 Å². The van der Waals surface area contributed by atoms with E-state index >= 15 is 0 Å². The summed E-state index contributed by atoms with van der Waals surface area (Å²) in [6, 6.07) is 22.9. The second-order valence-electron chi connectivity index (χ2n) is 14.6. The third-order valence-corrected chi connectivity index (χ3v) is 11.1. The Balaban J connectivity index is 0.812. The minimum atomic E-state index is -0.471. The van der Waals surface area contributed by atoms with E-state index in [-0.39, 0.29) is 29.6 Å². The molecule has 7 rings (SSSR count). The highest BCUT2D eigenvalue weighted by Crippen LogP contribution is 2.34. The molecule has 4 aromatic rings. The maximum absolute atomic E-state index is 14.9. The lowest BCUT2D eigenvalue weighted by atomic mass is 9.81. The fourth-order valence-electron chi connectivity index (χ4n) is 8.03. The van der Waals surface area contributed by atoms with Crippen LogP contribution < -0.4 is 11.1 Å². The first kappa shape index (κ1) is 34.9. The normalized spacial score (nSPS) is 20.6. The molecule has 10 heteroatoms. The number of nitrogen functional groups attached to an aromatic ring is 1. The quantitative estimate of drug-likeness (QED) is 0.170. The number of rotatable bonds is 9. The topological polar surface area (TPSA) is 96.6 Å². The Bertz CT molecular complexity index is 1770. The minimum Gasteiger partial charge on any atom is -0.449 e. The molecular weight excluding hydrogens is 646 g/mol. The Morgan fingerprint density at radius 1 is 0.784 bits per heavy atom. The number of hydrogen-bond acceptors (Lipinski definition) is 7. The van der Waals surface area contributed by atoms with E-state index < -0.39 is 5.82 Å². The van der Waals surface area contributed by atoms with Crippen molar-refractivity contribution in [1.29, 1.82) is 0 Å². The molecule has 3 aliphatic rings. The molecule has 2 saturated heterocycles. The van der Waals surface area contributed by atoms with E-state index in [1.807, 2.05) is 60.7 Å². The average Bonchev–Trinajstić information content (AvgIpc) is 3.16. The summed E-state index contributed by atoms with van der Waals surface area (Å²) in [7, 11) is 0. The minimum absolute atomic E-state index is 0.0722. The number of nitrogens with two attached hydrogens (primary N) is 1. The molecule has 2 aliphatic heterocycles. The summed E-state index contributed by atoms with van der Waals surface area (Å²) >= 11 is 0. The molecule has 0 radical (unpaired) electrons. The summed E-state index contributed by atoms with van der Waals surface area (Å²) in [5.74, 6) is 1.06. The number of ether oxygens (including phenoxy) is 1. The number of nitrogens with zero attached hydrogens (tertiary/aromatic N) is 4. The van der Waals surface area contributed by atoms with Gasteiger partial charge in [-0.05, 0) is 117 Å². The van der Waals surface area contributed by atoms with Crippen LogP contribution in [-0.2, 0) is 4.74 Å². The molecule has 1 saturated carbocycles. The number of anilines is 2. The Morgan fingerprint density at radius 3 is 2.24 bits per heavy atom. The maximum atomic E-state index is 14.9. The number of likely N-dealkylation sites (tertiary alicyclic amines) is 2. The monoisotopic (exact) mass is 694 g/mol. The van der Waals surface area contributed by atoms with Crippen LogP contribution in [0.3, 0.4) is 0 Å². The molecule has 3 N–H and O–H groups in total. The van der Waals surface area contributed by atoms with Crippen molar-refractivity contribution in [2.24, 2.45) is 11.8 Å². The zero-order valence-corrected chi connectivity index (χ0v) is 29.2. The number of halogens is 2. The van der Waals surface area contributed by atoms with Gasteiger partial charge in [0.2, 0.25) is 5.95 Å². The first-order valence-corrected chi connectivity index (χ1v) is 18.5. The van der Waals surface area contributed by atoms with E-state index in [2.05, 4.69) is 20.2 Å². The van der Waals surface area contributed by atoms with Crippen molar-refractivity contribution in [3.63, 3.8) is 0 Å². The number of benzene rings is 3. The summed E-state index contributed by atoms with van der Waals surface area (Å²) < 4.78 is 35.1. The molecule has 51 heavy (non-hydrogen) atoms. The van der Waals surface area contributed by atoms with Gasteiger partial charge in [0.05, 0.1) is 12.8 Å². The molecule has 1 aromatic heterocycles. The number of nitrogens with one attached hydrogen (secondary N) is 1. The fraction of sp³-hybridized carbons (Fsp3) is 0.439. The van der Waals surface area contributed by atoms with Crippen molar-refractivity contribution >= 4 is 17.7 Å². The second-order valence-corrected chi connectivity index (χ2v) is 14.6. The van der Waals surface area contributed by atoms with Crippen LogP contribution in [0, 0.1) is 23.5 Å². The van der Waals surface area contributed by atoms with Gasteiger partial charge in [-0.3, -0.25) is 0 Å². The van der Waals surface area contributed by atoms with Gasteiger partial charge in [-0.1, -0.05) is 54.6 Å². The third kappa shape index (κ3) is 8.84. The first-order chi connectivity index (χ1) is 24.9. The van der Waals surface area contributed by atoms with Crippen molar-refractivity contribution in [2.75, 3.05) is 50.4 Å². The van der Waals surface area contributed by atoms with Gasteiger partial charge in [-0.2, -0.15) is 0 Å². The third-order valence-electron chi connectivity index (χ3n) is 11.1. The molecule has 8 nitrogen and oxygen atoms in total. The zero-order chi connectivity index (χ0) is 35.2. The van der Waals surface area contributed by atoms with Gasteiger partial charge in [0.1, 0.15) is 11.5 Å². The zero-order valence-electron chi connectivity index (χ0n) is 29.2. The van der Waals surface area contributed by atoms with Gasteiger partial charge in [0.25, 0.3) is 0 Å². The van der Waals surface area contributed by atoms with Gasteiger partial charge in [0, 0.05) is 36.9 Å². The predicted octanol–water partition coefficient (Wildman–Crippen LogP) is 8.37. The Labute approximate surface area is 299 Å². The van der Waals surface area contributed by atoms with Crippen LogP contribution in [0.1, 0.15) is 62.8 Å². The lowest BCUT2D eigenvalue weighted by Crippen LogP contribution is -2.43. The van der Waals surface area contributed by atoms with Gasteiger partial charge < -0.3 is 25.6 Å². The Morgan fingerprint density at radius 2 is 1.49 bits per heavy atom. The van der Waals surface area contributed by atoms with E-state index in [1.54, 1.807) is 11.0 Å². The summed E-state index contributed by atoms with van der Waals surface area (Å²) in [5.41, 5.74) is 10.0. The van der Waals surface area contributed by atoms with Gasteiger partial charge in [0.15, 0.2) is 5.82 Å². The van der Waals surface area contributed by atoms with Gasteiger partial charge in [-0.15, -0.1) is 0 Å². The molecule has 0 unspecified atom stereocenters. The SMILES string of the molecule is Nc1ccc(C2CCN(C[C@H]3CC[C@H](COC(=O)N4CCC(Nc5ncc(F)c(-c6cccc(-c7ccccc7)c6)n5)CC4)CC3)CC2)c(F)c1. The first-order valence-electron chi connectivity index (χ1n) is 18.5. The van der Waals surface area contributed by atoms with Crippen molar-refractivity contribution in [3.8, 4) is 22.4 Å². The smallest absolute Gasteiger partial charge is 0.409 e. The summed E-state index contributed by atoms with van der Waals surface area (Å²) in [5, 5.41) is 3.36. The molecule has 3 heterocycles. The van der Waals surface area contributed by atoms with Gasteiger partial charge >= 0.3 is 6.09 Å². The lowest BCUT2D eigenvalue weighted by Gasteiger charge is -2.37. The van der Waals surface area contributed by atoms with Crippen LogP contribution in [0.25, 0.3) is 22.4 Å². The molecule has 1 aliphatic carbocycles. The summed E-state index contributed by atoms with van der Waals surface area (Å²) in [6.45, 7) is 4.73. The molecule has 0 bridgehead atoms. The van der Waals surface area contributed by atoms with Crippen molar-refractivity contribution < 1.29 is 18.3 Å². The number of carbonyl (C=O) groups excluding carboxylic acids is 1.